The Morgan fingerprint density at radius 3 is 2.80 bits per heavy atom. The predicted octanol–water partition coefficient (Wildman–Crippen LogP) is 2.17. The van der Waals surface area contributed by atoms with E-state index in [9.17, 15) is 13.2 Å². The maximum absolute atomic E-state index is 11.6. The molecule has 0 radical (unpaired) electrons. The molecule has 2 rings (SSSR count). The first kappa shape index (κ1) is 15.4. The highest BCUT2D eigenvalue weighted by Crippen LogP contribution is 2.33. The van der Waals surface area contributed by atoms with Gasteiger partial charge in [-0.25, -0.2) is 13.2 Å². The molecule has 1 amide bonds. The second kappa shape index (κ2) is 5.79. The topological polar surface area (TPSA) is 81.7 Å². The smallest absolute Gasteiger partial charge is 0.407 e. The zero-order valence-electron chi connectivity index (χ0n) is 10.4. The van der Waals surface area contributed by atoms with Crippen LogP contribution < -0.4 is 10.1 Å². The summed E-state index contributed by atoms with van der Waals surface area (Å²) in [4.78, 5) is 10.8. The molecule has 6 nitrogen and oxygen atoms in total. The van der Waals surface area contributed by atoms with Crippen LogP contribution in [0.3, 0.4) is 0 Å². The average Bonchev–Trinajstić information content (AvgIpc) is 2.72. The highest BCUT2D eigenvalue weighted by atomic mass is 79.9. The van der Waals surface area contributed by atoms with E-state index in [0.29, 0.717) is 16.6 Å². The first-order chi connectivity index (χ1) is 9.27. The molecule has 1 aromatic carbocycles. The Morgan fingerprint density at radius 2 is 2.25 bits per heavy atom. The Morgan fingerprint density at radius 1 is 1.55 bits per heavy atom. The number of nitrogens with one attached hydrogen (secondary N) is 1. The van der Waals surface area contributed by atoms with Crippen LogP contribution in [0.2, 0.25) is 0 Å². The van der Waals surface area contributed by atoms with Crippen LogP contribution in [0.5, 0.6) is 5.75 Å². The van der Waals surface area contributed by atoms with E-state index >= 15 is 0 Å². The van der Waals surface area contributed by atoms with Crippen LogP contribution >= 0.6 is 26.6 Å². The van der Waals surface area contributed by atoms with E-state index in [1.165, 1.54) is 6.07 Å². The molecule has 1 atom stereocenters. The number of rotatable bonds is 4. The molecule has 1 N–H and O–H groups in total. The van der Waals surface area contributed by atoms with Gasteiger partial charge in [0.1, 0.15) is 17.3 Å². The van der Waals surface area contributed by atoms with Gasteiger partial charge in [-0.1, -0.05) is 15.9 Å². The molecule has 1 aliphatic rings. The van der Waals surface area contributed by atoms with Gasteiger partial charge in [-0.15, -0.1) is 0 Å². The molecule has 1 saturated heterocycles. The van der Waals surface area contributed by atoms with Gasteiger partial charge in [-0.05, 0) is 24.6 Å². The predicted molar refractivity (Wildman–Crippen MR) is 75.7 cm³/mol. The van der Waals surface area contributed by atoms with Crippen LogP contribution in [0.4, 0.5) is 4.79 Å². The molecule has 1 heterocycles. The van der Waals surface area contributed by atoms with Crippen molar-refractivity contribution in [2.24, 2.45) is 0 Å². The first-order valence-electron chi connectivity index (χ1n) is 5.59. The number of alkyl carbamates (subject to hydrolysis) is 1. The normalized spacial score (nSPS) is 18.6. The number of hydrogen-bond acceptors (Lipinski definition) is 5. The van der Waals surface area contributed by atoms with Crippen molar-refractivity contribution >= 4 is 41.8 Å². The summed E-state index contributed by atoms with van der Waals surface area (Å²) in [5, 5.41) is 2.48. The van der Waals surface area contributed by atoms with Crippen LogP contribution in [0, 0.1) is 6.92 Å². The van der Waals surface area contributed by atoms with Crippen molar-refractivity contribution in [3.63, 3.8) is 0 Å². The summed E-state index contributed by atoms with van der Waals surface area (Å²) in [6.07, 6.45) is -0.979. The highest BCUT2D eigenvalue weighted by Gasteiger charge is 2.25. The minimum absolute atomic E-state index is 0.0423. The number of halogens is 2. The van der Waals surface area contributed by atoms with Gasteiger partial charge >= 0.3 is 6.09 Å². The number of ether oxygens (including phenoxy) is 2. The summed E-state index contributed by atoms with van der Waals surface area (Å²) >= 11 is 3.21. The Balaban J connectivity index is 2.24. The van der Waals surface area contributed by atoms with Gasteiger partial charge in [0, 0.05) is 15.2 Å². The lowest BCUT2D eigenvalue weighted by Crippen LogP contribution is -2.22. The van der Waals surface area contributed by atoms with Gasteiger partial charge in [0.25, 0.3) is 9.05 Å². The van der Waals surface area contributed by atoms with Gasteiger partial charge in [0.05, 0.1) is 6.54 Å². The van der Waals surface area contributed by atoms with E-state index in [1.54, 1.807) is 13.0 Å². The highest BCUT2D eigenvalue weighted by molar-refractivity contribution is 9.10. The molecule has 1 fully saturated rings. The number of carbonyl (C=O) groups is 1. The zero-order valence-corrected chi connectivity index (χ0v) is 13.5. The summed E-state index contributed by atoms with van der Waals surface area (Å²) in [5.74, 6) is 0.158. The summed E-state index contributed by atoms with van der Waals surface area (Å²) in [6.45, 7) is 2.06. The van der Waals surface area contributed by atoms with Crippen molar-refractivity contribution in [3.8, 4) is 5.75 Å². The molecule has 0 aliphatic carbocycles. The van der Waals surface area contributed by atoms with E-state index < -0.39 is 21.2 Å². The van der Waals surface area contributed by atoms with Gasteiger partial charge < -0.3 is 14.8 Å². The Kier molecular flexibility index (Phi) is 4.46. The van der Waals surface area contributed by atoms with Gasteiger partial charge in [0.2, 0.25) is 0 Å². The fourth-order valence-electron chi connectivity index (χ4n) is 1.77. The fraction of sp³-hybridized carbons (Fsp3) is 0.364. The molecule has 0 bridgehead atoms. The number of cyclic esters (lactones) is 1. The largest absolute Gasteiger partial charge is 0.488 e. The quantitative estimate of drug-likeness (QED) is 0.805. The summed E-state index contributed by atoms with van der Waals surface area (Å²) < 4.78 is 34.1. The third-order valence-electron chi connectivity index (χ3n) is 2.63. The lowest BCUT2D eigenvalue weighted by molar-refractivity contribution is 0.103. The molecule has 0 spiro atoms. The Labute approximate surface area is 128 Å². The fourth-order valence-corrected chi connectivity index (χ4v) is 3.54. The molecule has 1 unspecified atom stereocenters. The van der Waals surface area contributed by atoms with E-state index in [-0.39, 0.29) is 17.3 Å². The number of hydrogen-bond donors (Lipinski definition) is 1. The standard InChI is InChI=1S/C11H11BrClNO5S/c1-6-2-7(12)3-9(20(13,16)17)10(6)18-5-8-4-14-11(15)19-8/h2-3,8H,4-5H2,1H3,(H,14,15). The van der Waals surface area contributed by atoms with Crippen LogP contribution in [0.25, 0.3) is 0 Å². The third kappa shape index (κ3) is 3.56. The molecule has 0 saturated carbocycles. The van der Waals surface area contributed by atoms with Crippen LogP contribution in [0.1, 0.15) is 5.56 Å². The summed E-state index contributed by atoms with van der Waals surface area (Å²) in [6, 6.07) is 3.07. The van der Waals surface area contributed by atoms with Crippen molar-refractivity contribution in [1.82, 2.24) is 5.32 Å². The molecule has 1 aromatic rings. The molecule has 20 heavy (non-hydrogen) atoms. The molecule has 0 aromatic heterocycles. The first-order valence-corrected chi connectivity index (χ1v) is 8.69. The van der Waals surface area contributed by atoms with Crippen molar-refractivity contribution in [3.05, 3.63) is 22.2 Å². The van der Waals surface area contributed by atoms with E-state index in [1.807, 2.05) is 0 Å². The number of benzene rings is 1. The molecular weight excluding hydrogens is 374 g/mol. The van der Waals surface area contributed by atoms with Crippen molar-refractivity contribution in [2.45, 2.75) is 17.9 Å². The van der Waals surface area contributed by atoms with Crippen molar-refractivity contribution in [2.75, 3.05) is 13.2 Å². The summed E-state index contributed by atoms with van der Waals surface area (Å²) in [7, 11) is 1.46. The lowest BCUT2D eigenvalue weighted by Gasteiger charge is -2.15. The molecular formula is C11H11BrClNO5S. The molecule has 1 aliphatic heterocycles. The number of carbonyl (C=O) groups excluding carboxylic acids is 1. The molecule has 110 valence electrons. The van der Waals surface area contributed by atoms with Crippen LogP contribution in [0.15, 0.2) is 21.5 Å². The Hall–Kier alpha value is -0.990. The maximum atomic E-state index is 11.6. The zero-order chi connectivity index (χ0) is 14.9. The number of amides is 1. The second-order valence-electron chi connectivity index (χ2n) is 4.21. The van der Waals surface area contributed by atoms with Crippen LogP contribution in [-0.2, 0) is 13.8 Å². The second-order valence-corrected chi connectivity index (χ2v) is 7.66. The van der Waals surface area contributed by atoms with E-state index in [0.717, 1.165) is 0 Å². The maximum Gasteiger partial charge on any atom is 0.407 e. The van der Waals surface area contributed by atoms with Gasteiger partial charge in [-0.2, -0.15) is 0 Å². The average molecular weight is 385 g/mol. The van der Waals surface area contributed by atoms with Crippen molar-refractivity contribution < 1.29 is 22.7 Å². The minimum Gasteiger partial charge on any atom is -0.488 e. The SMILES string of the molecule is Cc1cc(Br)cc(S(=O)(=O)Cl)c1OCC1CNC(=O)O1. The van der Waals surface area contributed by atoms with E-state index in [4.69, 9.17) is 20.2 Å². The van der Waals surface area contributed by atoms with Crippen molar-refractivity contribution in [1.29, 1.82) is 0 Å². The lowest BCUT2D eigenvalue weighted by atomic mass is 10.2. The third-order valence-corrected chi connectivity index (χ3v) is 4.41. The van der Waals surface area contributed by atoms with E-state index in [2.05, 4.69) is 21.2 Å². The Bertz CT molecular complexity index is 648. The van der Waals surface area contributed by atoms with Gasteiger partial charge in [-0.3, -0.25) is 0 Å². The minimum atomic E-state index is -3.94. The molecule has 9 heteroatoms. The monoisotopic (exact) mass is 383 g/mol. The number of aryl methyl sites for hydroxylation is 1. The summed E-state index contributed by atoms with van der Waals surface area (Å²) in [5.41, 5.74) is 0.607. The van der Waals surface area contributed by atoms with Crippen LogP contribution in [-0.4, -0.2) is 33.8 Å². The van der Waals surface area contributed by atoms with Gasteiger partial charge in [0.15, 0.2) is 6.10 Å².